The van der Waals surface area contributed by atoms with Crippen molar-refractivity contribution < 1.29 is 19.7 Å². The van der Waals surface area contributed by atoms with Gasteiger partial charge in [-0.25, -0.2) is 0 Å². The minimum absolute atomic E-state index is 0.0489. The van der Waals surface area contributed by atoms with Crippen LogP contribution in [0.2, 0.25) is 0 Å². The summed E-state index contributed by atoms with van der Waals surface area (Å²) in [6.45, 7) is 6.26. The molecule has 4 unspecified atom stereocenters. The van der Waals surface area contributed by atoms with Gasteiger partial charge in [-0.05, 0) is 93.3 Å². The molecule has 3 saturated carbocycles. The Morgan fingerprint density at radius 3 is 2.80 bits per heavy atom. The van der Waals surface area contributed by atoms with Crippen LogP contribution in [0, 0.1) is 34.5 Å². The van der Waals surface area contributed by atoms with Crippen LogP contribution in [0.15, 0.2) is 11.6 Å². The molecule has 2 N–H and O–H groups in total. The Morgan fingerprint density at radius 1 is 1.17 bits per heavy atom. The summed E-state index contributed by atoms with van der Waals surface area (Å²) in [5.41, 5.74) is 1.61. The van der Waals surface area contributed by atoms with Crippen LogP contribution in [0.4, 0.5) is 0 Å². The Hall–Kier alpha value is -0.420. The number of hydrogen-bond acceptors (Lipinski definition) is 4. The molecule has 30 heavy (non-hydrogen) atoms. The Morgan fingerprint density at radius 2 is 2.03 bits per heavy atom. The number of hydrogen-bond donors (Lipinski definition) is 2. The Labute approximate surface area is 182 Å². The maximum atomic E-state index is 11.0. The minimum atomic E-state index is -0.197. The molecule has 4 nitrogen and oxygen atoms in total. The lowest BCUT2D eigenvalue weighted by Crippen LogP contribution is -2.54. The van der Waals surface area contributed by atoms with Crippen LogP contribution in [-0.2, 0) is 9.47 Å². The van der Waals surface area contributed by atoms with Gasteiger partial charge in [-0.3, -0.25) is 0 Å². The predicted octanol–water partition coefficient (Wildman–Crippen LogP) is 4.83. The molecule has 9 atom stereocenters. The summed E-state index contributed by atoms with van der Waals surface area (Å²) in [5.74, 6) is 2.51. The van der Waals surface area contributed by atoms with E-state index in [4.69, 9.17) is 9.47 Å². The molecule has 170 valence electrons. The third-order valence-corrected chi connectivity index (χ3v) is 10.1. The largest absolute Gasteiger partial charge is 0.393 e. The second kappa shape index (κ2) is 8.17. The van der Waals surface area contributed by atoms with Gasteiger partial charge in [-0.15, -0.1) is 0 Å². The van der Waals surface area contributed by atoms with Gasteiger partial charge in [0.1, 0.15) is 0 Å². The minimum Gasteiger partial charge on any atom is -0.393 e. The molecule has 0 bridgehead atoms. The average molecular weight is 419 g/mol. The summed E-state index contributed by atoms with van der Waals surface area (Å²) in [7, 11) is 0. The molecule has 4 heteroatoms. The van der Waals surface area contributed by atoms with E-state index in [0.29, 0.717) is 23.7 Å². The quantitative estimate of drug-likeness (QED) is 0.642. The standard InChI is InChI=1S/C26H42O4/c1-3-17-14-22(28)25(2)11-10-21-20(24(17)25)8-7-18-15-19(27)9-12-26(18,21)16-30-23-6-4-5-13-29-23/h7,17,19-24,27-28H,3-6,8-16H2,1-2H3/t17?,19?,20-,21-,22?,23?,24+,25-,26-/m1/s1. The molecule has 4 aliphatic carbocycles. The number of allylic oxidation sites excluding steroid dienone is 1. The third kappa shape index (κ3) is 3.32. The van der Waals surface area contributed by atoms with Gasteiger partial charge in [0, 0.05) is 12.0 Å². The highest BCUT2D eigenvalue weighted by Gasteiger charge is 2.62. The highest BCUT2D eigenvalue weighted by Crippen LogP contribution is 2.66. The molecular formula is C26H42O4. The van der Waals surface area contributed by atoms with E-state index >= 15 is 0 Å². The van der Waals surface area contributed by atoms with Gasteiger partial charge in [-0.2, -0.15) is 0 Å². The monoisotopic (exact) mass is 418 g/mol. The van der Waals surface area contributed by atoms with Crippen molar-refractivity contribution in [1.29, 1.82) is 0 Å². The first kappa shape index (κ1) is 21.4. The molecular weight excluding hydrogens is 376 g/mol. The van der Waals surface area contributed by atoms with Gasteiger partial charge in [-0.1, -0.05) is 31.9 Å². The molecule has 0 radical (unpaired) electrons. The maximum absolute atomic E-state index is 11.0. The summed E-state index contributed by atoms with van der Waals surface area (Å²) in [6, 6.07) is 0. The number of aliphatic hydroxyl groups excluding tert-OH is 2. The average Bonchev–Trinajstić information content (AvgIpc) is 3.03. The molecule has 0 aromatic rings. The van der Waals surface area contributed by atoms with E-state index in [1.165, 1.54) is 24.8 Å². The van der Waals surface area contributed by atoms with Crippen molar-refractivity contribution in [1.82, 2.24) is 0 Å². The molecule has 5 rings (SSSR count). The van der Waals surface area contributed by atoms with Crippen LogP contribution in [0.3, 0.4) is 0 Å². The van der Waals surface area contributed by atoms with Crippen LogP contribution in [-0.4, -0.2) is 41.9 Å². The van der Waals surface area contributed by atoms with Gasteiger partial charge < -0.3 is 19.7 Å². The Kier molecular flexibility index (Phi) is 5.84. The fourth-order valence-corrected chi connectivity index (χ4v) is 8.47. The van der Waals surface area contributed by atoms with Crippen LogP contribution < -0.4 is 0 Å². The van der Waals surface area contributed by atoms with Gasteiger partial charge in [0.2, 0.25) is 0 Å². The summed E-state index contributed by atoms with van der Waals surface area (Å²) in [4.78, 5) is 0. The van der Waals surface area contributed by atoms with E-state index in [1.54, 1.807) is 0 Å². The first-order chi connectivity index (χ1) is 14.5. The van der Waals surface area contributed by atoms with E-state index in [0.717, 1.165) is 64.6 Å². The fourth-order valence-electron chi connectivity index (χ4n) is 8.47. The number of rotatable bonds is 4. The van der Waals surface area contributed by atoms with Crippen molar-refractivity contribution in [2.75, 3.05) is 13.2 Å². The molecule has 4 fully saturated rings. The first-order valence-corrected chi connectivity index (χ1v) is 12.8. The first-order valence-electron chi connectivity index (χ1n) is 12.8. The maximum Gasteiger partial charge on any atom is 0.157 e. The lowest BCUT2D eigenvalue weighted by molar-refractivity contribution is -0.193. The highest BCUT2D eigenvalue weighted by molar-refractivity contribution is 5.27. The molecule has 5 aliphatic rings. The number of fused-ring (bicyclic) bond motifs is 5. The lowest BCUT2D eigenvalue weighted by Gasteiger charge is -2.59. The number of ether oxygens (including phenoxy) is 2. The predicted molar refractivity (Wildman–Crippen MR) is 117 cm³/mol. The molecule has 1 saturated heterocycles. The zero-order valence-corrected chi connectivity index (χ0v) is 19.0. The highest BCUT2D eigenvalue weighted by atomic mass is 16.7. The summed E-state index contributed by atoms with van der Waals surface area (Å²) < 4.78 is 12.4. The summed E-state index contributed by atoms with van der Waals surface area (Å²) in [6.07, 6.45) is 13.8. The Bertz CT molecular complexity index is 655. The van der Waals surface area contributed by atoms with Crippen LogP contribution in [0.5, 0.6) is 0 Å². The Balaban J connectivity index is 1.45. The van der Waals surface area contributed by atoms with Crippen LogP contribution >= 0.6 is 0 Å². The van der Waals surface area contributed by atoms with Gasteiger partial charge in [0.25, 0.3) is 0 Å². The van der Waals surface area contributed by atoms with Gasteiger partial charge >= 0.3 is 0 Å². The third-order valence-electron chi connectivity index (χ3n) is 10.1. The van der Waals surface area contributed by atoms with E-state index in [2.05, 4.69) is 19.9 Å². The zero-order valence-electron chi connectivity index (χ0n) is 19.0. The SMILES string of the molecule is CCC1CC(O)[C@@]2(C)CC[C@@H]3[C@@H](CC=C4CC(O)CC[C@@]43COC3CCCCO3)[C@H]12. The van der Waals surface area contributed by atoms with Crippen molar-refractivity contribution in [2.24, 2.45) is 34.5 Å². The van der Waals surface area contributed by atoms with Crippen molar-refractivity contribution in [3.05, 3.63) is 11.6 Å². The van der Waals surface area contributed by atoms with E-state index in [1.807, 2.05) is 0 Å². The van der Waals surface area contributed by atoms with Crippen LogP contribution in [0.25, 0.3) is 0 Å². The van der Waals surface area contributed by atoms with Crippen molar-refractivity contribution in [3.8, 4) is 0 Å². The zero-order chi connectivity index (χ0) is 20.9. The normalized spacial score (nSPS) is 50.9. The smallest absolute Gasteiger partial charge is 0.157 e. The lowest BCUT2D eigenvalue weighted by atomic mass is 9.46. The summed E-state index contributed by atoms with van der Waals surface area (Å²) in [5, 5.41) is 21.4. The van der Waals surface area contributed by atoms with E-state index in [-0.39, 0.29) is 29.3 Å². The summed E-state index contributed by atoms with van der Waals surface area (Å²) >= 11 is 0. The molecule has 0 amide bonds. The number of aliphatic hydroxyl groups is 2. The van der Waals surface area contributed by atoms with Gasteiger partial charge in [0.05, 0.1) is 18.8 Å². The van der Waals surface area contributed by atoms with Gasteiger partial charge in [0.15, 0.2) is 6.29 Å². The molecule has 0 aromatic heterocycles. The van der Waals surface area contributed by atoms with Crippen molar-refractivity contribution in [2.45, 2.75) is 103 Å². The second-order valence-corrected chi connectivity index (χ2v) is 11.4. The molecule has 0 spiro atoms. The molecule has 1 heterocycles. The topological polar surface area (TPSA) is 58.9 Å². The van der Waals surface area contributed by atoms with E-state index in [9.17, 15) is 10.2 Å². The second-order valence-electron chi connectivity index (χ2n) is 11.4. The van der Waals surface area contributed by atoms with Crippen molar-refractivity contribution >= 4 is 0 Å². The van der Waals surface area contributed by atoms with Crippen molar-refractivity contribution in [3.63, 3.8) is 0 Å². The fraction of sp³-hybridized carbons (Fsp3) is 0.923. The molecule has 0 aromatic carbocycles. The van der Waals surface area contributed by atoms with Crippen LogP contribution in [0.1, 0.15) is 84.5 Å². The molecule has 1 aliphatic heterocycles. The van der Waals surface area contributed by atoms with E-state index < -0.39 is 0 Å².